The van der Waals surface area contributed by atoms with Gasteiger partial charge in [0.1, 0.15) is 5.03 Å². The lowest BCUT2D eigenvalue weighted by molar-refractivity contribution is -0.384. The van der Waals surface area contributed by atoms with Gasteiger partial charge in [0, 0.05) is 18.7 Å². The number of piperidine rings is 1. The second-order valence-electron chi connectivity index (χ2n) is 4.90. The Balaban J connectivity index is 1.91. The SMILES string of the molecule is O=[N+]([O-])c1ccc2nc([S@](=O)[C@H]3CCCNC3)cnc2c1. The van der Waals surface area contributed by atoms with Gasteiger partial charge >= 0.3 is 0 Å². The molecule has 0 radical (unpaired) electrons. The van der Waals surface area contributed by atoms with Gasteiger partial charge in [0.25, 0.3) is 5.69 Å². The van der Waals surface area contributed by atoms with Crippen molar-refractivity contribution in [2.24, 2.45) is 0 Å². The molecule has 0 amide bonds. The molecule has 110 valence electrons. The number of nitrogens with zero attached hydrogens (tertiary/aromatic N) is 3. The van der Waals surface area contributed by atoms with Crippen molar-refractivity contribution in [3.63, 3.8) is 0 Å². The average molecular weight is 306 g/mol. The zero-order valence-corrected chi connectivity index (χ0v) is 12.0. The highest BCUT2D eigenvalue weighted by atomic mass is 32.2. The molecule has 0 saturated carbocycles. The Morgan fingerprint density at radius 1 is 1.38 bits per heavy atom. The molecule has 0 aliphatic carbocycles. The number of fused-ring (bicyclic) bond motifs is 1. The van der Waals surface area contributed by atoms with Crippen LogP contribution in [-0.2, 0) is 10.8 Å². The van der Waals surface area contributed by atoms with Crippen LogP contribution in [0.25, 0.3) is 11.0 Å². The van der Waals surface area contributed by atoms with E-state index in [0.29, 0.717) is 22.6 Å². The fraction of sp³-hybridized carbons (Fsp3) is 0.385. The summed E-state index contributed by atoms with van der Waals surface area (Å²) in [6.07, 6.45) is 3.36. The number of nitro groups is 1. The molecular weight excluding hydrogens is 292 g/mol. The Morgan fingerprint density at radius 3 is 2.95 bits per heavy atom. The lowest BCUT2D eigenvalue weighted by atomic mass is 10.2. The molecule has 2 atom stereocenters. The Labute approximate surface area is 123 Å². The van der Waals surface area contributed by atoms with Crippen molar-refractivity contribution >= 4 is 27.5 Å². The van der Waals surface area contributed by atoms with Crippen LogP contribution in [0.1, 0.15) is 12.8 Å². The third-order valence-electron chi connectivity index (χ3n) is 3.48. The number of nitro benzene ring substituents is 1. The summed E-state index contributed by atoms with van der Waals surface area (Å²) in [7, 11) is -1.21. The summed E-state index contributed by atoms with van der Waals surface area (Å²) in [5, 5.41) is 14.4. The van der Waals surface area contributed by atoms with E-state index in [1.807, 2.05) is 0 Å². The van der Waals surface area contributed by atoms with Crippen molar-refractivity contribution in [2.75, 3.05) is 13.1 Å². The number of hydrogen-bond acceptors (Lipinski definition) is 6. The predicted octanol–water partition coefficient (Wildman–Crippen LogP) is 1.40. The van der Waals surface area contributed by atoms with E-state index in [9.17, 15) is 14.3 Å². The average Bonchev–Trinajstić information content (AvgIpc) is 2.54. The quantitative estimate of drug-likeness (QED) is 0.680. The van der Waals surface area contributed by atoms with Crippen LogP contribution in [-0.4, -0.2) is 37.4 Å². The van der Waals surface area contributed by atoms with E-state index >= 15 is 0 Å². The molecule has 21 heavy (non-hydrogen) atoms. The Hall–Kier alpha value is -1.93. The smallest absolute Gasteiger partial charge is 0.271 e. The lowest BCUT2D eigenvalue weighted by Crippen LogP contribution is -2.36. The van der Waals surface area contributed by atoms with Crippen LogP contribution in [0.5, 0.6) is 0 Å². The van der Waals surface area contributed by atoms with Gasteiger partial charge in [-0.05, 0) is 25.5 Å². The highest BCUT2D eigenvalue weighted by Gasteiger charge is 2.22. The monoisotopic (exact) mass is 306 g/mol. The molecule has 1 N–H and O–H groups in total. The van der Waals surface area contributed by atoms with Gasteiger partial charge in [-0.2, -0.15) is 0 Å². The summed E-state index contributed by atoms with van der Waals surface area (Å²) in [6.45, 7) is 1.67. The molecule has 1 saturated heterocycles. The number of hydrogen-bond donors (Lipinski definition) is 1. The van der Waals surface area contributed by atoms with Gasteiger partial charge in [0.2, 0.25) is 0 Å². The topological polar surface area (TPSA) is 98.0 Å². The van der Waals surface area contributed by atoms with Crippen molar-refractivity contribution < 1.29 is 9.13 Å². The zero-order chi connectivity index (χ0) is 14.8. The first-order valence-corrected chi connectivity index (χ1v) is 7.89. The second-order valence-corrected chi connectivity index (χ2v) is 6.58. The fourth-order valence-corrected chi connectivity index (χ4v) is 3.70. The van der Waals surface area contributed by atoms with Crippen molar-refractivity contribution in [3.05, 3.63) is 34.5 Å². The second kappa shape index (κ2) is 5.82. The van der Waals surface area contributed by atoms with E-state index in [1.165, 1.54) is 18.3 Å². The third-order valence-corrected chi connectivity index (χ3v) is 5.09. The van der Waals surface area contributed by atoms with Crippen LogP contribution in [0.15, 0.2) is 29.4 Å². The molecule has 0 unspecified atom stereocenters. The highest BCUT2D eigenvalue weighted by Crippen LogP contribution is 2.20. The molecule has 1 aromatic heterocycles. The minimum absolute atomic E-state index is 0.0258. The standard InChI is InChI=1S/C13H14N4O3S/c18-17(19)9-3-4-11-12(6-9)15-8-13(16-11)21(20)10-2-1-5-14-7-10/h3-4,6,8,10,14H,1-2,5,7H2/t10-,21+/m0/s1. The van der Waals surface area contributed by atoms with Crippen molar-refractivity contribution in [1.82, 2.24) is 15.3 Å². The third kappa shape index (κ3) is 2.91. The van der Waals surface area contributed by atoms with E-state index in [1.54, 1.807) is 6.07 Å². The van der Waals surface area contributed by atoms with Crippen molar-refractivity contribution in [2.45, 2.75) is 23.1 Å². The van der Waals surface area contributed by atoms with Gasteiger partial charge < -0.3 is 5.32 Å². The largest absolute Gasteiger partial charge is 0.316 e. The number of benzene rings is 1. The normalized spacial score (nSPS) is 20.3. The molecule has 0 spiro atoms. The van der Waals surface area contributed by atoms with E-state index in [0.717, 1.165) is 19.4 Å². The van der Waals surface area contributed by atoms with Gasteiger partial charge in [0.05, 0.1) is 38.2 Å². The zero-order valence-electron chi connectivity index (χ0n) is 11.2. The summed E-state index contributed by atoms with van der Waals surface area (Å²) in [5.74, 6) is 0. The number of aromatic nitrogens is 2. The van der Waals surface area contributed by atoms with Crippen molar-refractivity contribution in [3.8, 4) is 0 Å². The Morgan fingerprint density at radius 2 is 2.24 bits per heavy atom. The van der Waals surface area contributed by atoms with Crippen LogP contribution >= 0.6 is 0 Å². The summed E-state index contributed by atoms with van der Waals surface area (Å²) in [4.78, 5) is 18.8. The van der Waals surface area contributed by atoms with Crippen LogP contribution in [0.4, 0.5) is 5.69 Å². The molecule has 0 bridgehead atoms. The summed E-state index contributed by atoms with van der Waals surface area (Å²) < 4.78 is 12.5. The van der Waals surface area contributed by atoms with Crippen LogP contribution in [0.2, 0.25) is 0 Å². The van der Waals surface area contributed by atoms with Crippen LogP contribution in [0, 0.1) is 10.1 Å². The van der Waals surface area contributed by atoms with Crippen LogP contribution in [0.3, 0.4) is 0 Å². The Bertz CT molecular complexity index is 716. The van der Waals surface area contributed by atoms with E-state index in [-0.39, 0.29) is 10.9 Å². The van der Waals surface area contributed by atoms with Crippen LogP contribution < -0.4 is 5.32 Å². The summed E-state index contributed by atoms with van der Waals surface area (Å²) in [5.41, 5.74) is 0.934. The molecule has 7 nitrogen and oxygen atoms in total. The molecule has 1 fully saturated rings. The molecule has 2 aromatic rings. The molecular formula is C13H14N4O3S. The molecule has 1 aromatic carbocycles. The maximum Gasteiger partial charge on any atom is 0.271 e. The highest BCUT2D eigenvalue weighted by molar-refractivity contribution is 7.85. The first-order valence-electron chi connectivity index (χ1n) is 6.67. The Kier molecular flexibility index (Phi) is 3.89. The minimum Gasteiger partial charge on any atom is -0.316 e. The van der Waals surface area contributed by atoms with E-state index in [2.05, 4.69) is 15.3 Å². The van der Waals surface area contributed by atoms with E-state index in [4.69, 9.17) is 0 Å². The summed E-state index contributed by atoms with van der Waals surface area (Å²) >= 11 is 0. The molecule has 1 aliphatic rings. The first-order chi connectivity index (χ1) is 10.1. The number of nitrogens with one attached hydrogen (secondary N) is 1. The molecule has 2 heterocycles. The lowest BCUT2D eigenvalue weighted by Gasteiger charge is -2.21. The number of rotatable bonds is 3. The number of non-ortho nitro benzene ring substituents is 1. The maximum absolute atomic E-state index is 12.5. The fourth-order valence-electron chi connectivity index (χ4n) is 2.37. The van der Waals surface area contributed by atoms with Gasteiger partial charge in [-0.3, -0.25) is 19.3 Å². The predicted molar refractivity (Wildman–Crippen MR) is 78.5 cm³/mol. The van der Waals surface area contributed by atoms with Gasteiger partial charge in [-0.1, -0.05) is 0 Å². The molecule has 3 rings (SSSR count). The van der Waals surface area contributed by atoms with Gasteiger partial charge in [-0.25, -0.2) is 4.98 Å². The van der Waals surface area contributed by atoms with Gasteiger partial charge in [0.15, 0.2) is 0 Å². The molecule has 8 heteroatoms. The first kappa shape index (κ1) is 14.0. The van der Waals surface area contributed by atoms with Crippen molar-refractivity contribution in [1.29, 1.82) is 0 Å². The maximum atomic E-state index is 12.5. The molecule has 1 aliphatic heterocycles. The van der Waals surface area contributed by atoms with Gasteiger partial charge in [-0.15, -0.1) is 0 Å². The summed E-state index contributed by atoms with van der Waals surface area (Å²) in [6, 6.07) is 4.30. The minimum atomic E-state index is -1.21. The van der Waals surface area contributed by atoms with E-state index < -0.39 is 15.7 Å².